The van der Waals surface area contributed by atoms with E-state index in [4.69, 9.17) is 21.1 Å². The maximum Gasteiger partial charge on any atom is 0.357 e. The largest absolute Gasteiger partial charge is 0.476 e. The van der Waals surface area contributed by atoms with Crippen LogP contribution < -0.4 is 0 Å². The number of rotatable bonds is 2. The second-order valence-corrected chi connectivity index (χ2v) is 4.23. The number of nitrogens with zero attached hydrogens (tertiary/aromatic N) is 1. The lowest BCUT2D eigenvalue weighted by Crippen LogP contribution is -1.95. The lowest BCUT2D eigenvalue weighted by Gasteiger charge is -1.98. The van der Waals surface area contributed by atoms with E-state index in [-0.39, 0.29) is 11.6 Å². The van der Waals surface area contributed by atoms with Crippen LogP contribution in [0.1, 0.15) is 10.5 Å². The highest BCUT2D eigenvalue weighted by molar-refractivity contribution is 9.10. The Morgan fingerprint density at radius 3 is 2.81 bits per heavy atom. The van der Waals surface area contributed by atoms with Gasteiger partial charge in [-0.1, -0.05) is 11.6 Å². The first-order chi connectivity index (χ1) is 7.58. The monoisotopic (exact) mass is 301 g/mol. The summed E-state index contributed by atoms with van der Waals surface area (Å²) in [6, 6.07) is 5.08. The number of oxazole rings is 1. The SMILES string of the molecule is O=C(O)c1coc(-c2ccc(Cl)c(Br)c2)n1. The summed E-state index contributed by atoms with van der Waals surface area (Å²) >= 11 is 9.09. The Bertz CT molecular complexity index is 553. The average Bonchev–Trinajstić information content (AvgIpc) is 2.71. The van der Waals surface area contributed by atoms with Crippen LogP contribution in [0, 0.1) is 0 Å². The first-order valence-electron chi connectivity index (χ1n) is 4.22. The smallest absolute Gasteiger partial charge is 0.357 e. The number of benzene rings is 1. The maximum absolute atomic E-state index is 10.6. The summed E-state index contributed by atoms with van der Waals surface area (Å²) in [5, 5.41) is 9.25. The van der Waals surface area contributed by atoms with Crippen molar-refractivity contribution in [3.8, 4) is 11.5 Å². The fraction of sp³-hybridized carbons (Fsp3) is 0. The number of carbonyl (C=O) groups is 1. The standard InChI is InChI=1S/C10H5BrClNO3/c11-6-3-5(1-2-7(6)12)9-13-8(4-16-9)10(14)15/h1-4H,(H,14,15). The molecule has 0 aliphatic carbocycles. The molecule has 0 amide bonds. The van der Waals surface area contributed by atoms with Crippen molar-refractivity contribution >= 4 is 33.5 Å². The summed E-state index contributed by atoms with van der Waals surface area (Å²) in [5.41, 5.74) is 0.532. The molecule has 0 spiro atoms. The van der Waals surface area contributed by atoms with Gasteiger partial charge in [0, 0.05) is 10.0 Å². The highest BCUT2D eigenvalue weighted by Gasteiger charge is 2.12. The highest BCUT2D eigenvalue weighted by Crippen LogP contribution is 2.28. The second kappa shape index (κ2) is 4.27. The van der Waals surface area contributed by atoms with Gasteiger partial charge in [-0.25, -0.2) is 9.78 Å². The van der Waals surface area contributed by atoms with E-state index >= 15 is 0 Å². The molecule has 2 rings (SSSR count). The van der Waals surface area contributed by atoms with Crippen molar-refractivity contribution in [2.24, 2.45) is 0 Å². The van der Waals surface area contributed by atoms with Crippen LogP contribution in [0.25, 0.3) is 11.5 Å². The van der Waals surface area contributed by atoms with Gasteiger partial charge in [0.2, 0.25) is 5.89 Å². The van der Waals surface area contributed by atoms with E-state index < -0.39 is 5.97 Å². The topological polar surface area (TPSA) is 63.3 Å². The predicted octanol–water partition coefficient (Wildman–Crippen LogP) is 3.46. The van der Waals surface area contributed by atoms with Gasteiger partial charge in [-0.3, -0.25) is 0 Å². The van der Waals surface area contributed by atoms with Crippen LogP contribution >= 0.6 is 27.5 Å². The number of hydrogen-bond acceptors (Lipinski definition) is 3. The van der Waals surface area contributed by atoms with Crippen LogP contribution in [0.15, 0.2) is 33.4 Å². The lowest BCUT2D eigenvalue weighted by atomic mass is 10.2. The molecular formula is C10H5BrClNO3. The van der Waals surface area contributed by atoms with Crippen molar-refractivity contribution < 1.29 is 14.3 Å². The molecule has 2 aromatic rings. The summed E-state index contributed by atoms with van der Waals surface area (Å²) in [6.07, 6.45) is 1.10. The Morgan fingerprint density at radius 2 is 2.25 bits per heavy atom. The summed E-state index contributed by atoms with van der Waals surface area (Å²) in [6.45, 7) is 0. The van der Waals surface area contributed by atoms with Crippen molar-refractivity contribution in [1.82, 2.24) is 4.98 Å². The number of hydrogen-bond donors (Lipinski definition) is 1. The molecule has 1 N–H and O–H groups in total. The average molecular weight is 303 g/mol. The summed E-state index contributed by atoms with van der Waals surface area (Å²) in [7, 11) is 0. The number of aromatic nitrogens is 1. The van der Waals surface area contributed by atoms with Crippen molar-refractivity contribution in [3.63, 3.8) is 0 Å². The van der Waals surface area contributed by atoms with Crippen molar-refractivity contribution in [3.05, 3.63) is 39.7 Å². The van der Waals surface area contributed by atoms with Crippen molar-refractivity contribution in [2.75, 3.05) is 0 Å². The van der Waals surface area contributed by atoms with Crippen LogP contribution in [-0.4, -0.2) is 16.1 Å². The molecule has 0 aliphatic heterocycles. The zero-order valence-electron chi connectivity index (χ0n) is 7.78. The van der Waals surface area contributed by atoms with E-state index in [1.54, 1.807) is 18.2 Å². The van der Waals surface area contributed by atoms with E-state index in [0.717, 1.165) is 6.26 Å². The molecule has 1 aromatic carbocycles. The second-order valence-electron chi connectivity index (χ2n) is 2.97. The molecule has 0 radical (unpaired) electrons. The molecule has 1 heterocycles. The molecule has 6 heteroatoms. The summed E-state index contributed by atoms with van der Waals surface area (Å²) in [5.74, 6) is -0.877. The Labute approximate surface area is 104 Å². The minimum atomic E-state index is -1.12. The Balaban J connectivity index is 2.42. The predicted molar refractivity (Wildman–Crippen MR) is 61.6 cm³/mol. The van der Waals surface area contributed by atoms with Crippen LogP contribution in [0.5, 0.6) is 0 Å². The van der Waals surface area contributed by atoms with Crippen LogP contribution in [-0.2, 0) is 0 Å². The van der Waals surface area contributed by atoms with Gasteiger partial charge in [-0.2, -0.15) is 0 Å². The van der Waals surface area contributed by atoms with Gasteiger partial charge in [0.1, 0.15) is 6.26 Å². The highest BCUT2D eigenvalue weighted by atomic mass is 79.9. The molecule has 0 atom stereocenters. The molecular weight excluding hydrogens is 297 g/mol. The van der Waals surface area contributed by atoms with Gasteiger partial charge >= 0.3 is 5.97 Å². The van der Waals surface area contributed by atoms with Crippen LogP contribution in [0.2, 0.25) is 5.02 Å². The fourth-order valence-electron chi connectivity index (χ4n) is 1.13. The third kappa shape index (κ3) is 2.10. The van der Waals surface area contributed by atoms with Gasteiger partial charge in [-0.05, 0) is 34.1 Å². The molecule has 0 unspecified atom stereocenters. The summed E-state index contributed by atoms with van der Waals surface area (Å²) in [4.78, 5) is 14.4. The van der Waals surface area contributed by atoms with E-state index in [0.29, 0.717) is 15.1 Å². The maximum atomic E-state index is 10.6. The molecule has 16 heavy (non-hydrogen) atoms. The Hall–Kier alpha value is -1.33. The van der Waals surface area contributed by atoms with Gasteiger partial charge in [0.15, 0.2) is 5.69 Å². The molecule has 0 saturated carbocycles. The quantitative estimate of drug-likeness (QED) is 0.923. The number of carboxylic acids is 1. The van der Waals surface area contributed by atoms with Gasteiger partial charge in [-0.15, -0.1) is 0 Å². The van der Waals surface area contributed by atoms with Gasteiger partial charge in [0.05, 0.1) is 5.02 Å². The fourth-order valence-corrected chi connectivity index (χ4v) is 1.63. The third-order valence-corrected chi connectivity index (χ3v) is 3.10. The van der Waals surface area contributed by atoms with E-state index in [1.165, 1.54) is 0 Å². The number of aromatic carboxylic acids is 1. The normalized spacial score (nSPS) is 10.4. The van der Waals surface area contributed by atoms with Gasteiger partial charge < -0.3 is 9.52 Å². The number of carboxylic acid groups (broad SMARTS) is 1. The molecule has 0 fully saturated rings. The van der Waals surface area contributed by atoms with E-state index in [2.05, 4.69) is 20.9 Å². The molecule has 4 nitrogen and oxygen atoms in total. The number of halogens is 2. The van der Waals surface area contributed by atoms with E-state index in [9.17, 15) is 4.79 Å². The minimum Gasteiger partial charge on any atom is -0.476 e. The lowest BCUT2D eigenvalue weighted by molar-refractivity contribution is 0.0690. The van der Waals surface area contributed by atoms with Crippen molar-refractivity contribution in [2.45, 2.75) is 0 Å². The molecule has 1 aromatic heterocycles. The molecule has 82 valence electrons. The summed E-state index contributed by atoms with van der Waals surface area (Å²) < 4.78 is 5.75. The zero-order chi connectivity index (χ0) is 11.7. The van der Waals surface area contributed by atoms with Crippen LogP contribution in [0.4, 0.5) is 0 Å². The molecule has 0 saturated heterocycles. The molecule has 0 aliphatic rings. The van der Waals surface area contributed by atoms with Gasteiger partial charge in [0.25, 0.3) is 0 Å². The first kappa shape index (κ1) is 11.2. The third-order valence-electron chi connectivity index (χ3n) is 1.89. The minimum absolute atomic E-state index is 0.124. The van der Waals surface area contributed by atoms with Crippen LogP contribution in [0.3, 0.4) is 0 Å². The molecule has 0 bridgehead atoms. The Morgan fingerprint density at radius 1 is 1.50 bits per heavy atom. The Kier molecular flexibility index (Phi) is 2.98. The van der Waals surface area contributed by atoms with Crippen molar-refractivity contribution in [1.29, 1.82) is 0 Å². The first-order valence-corrected chi connectivity index (χ1v) is 5.39. The van der Waals surface area contributed by atoms with E-state index in [1.807, 2.05) is 0 Å². The zero-order valence-corrected chi connectivity index (χ0v) is 10.1.